The highest BCUT2D eigenvalue weighted by atomic mass is 19.3. The SMILES string of the molecule is CCc1cnc(N2CC(C)(OC)C2)nc1NC1=CC=C2C(C1)C1NCC(F)(F)COC1C(=O)N2C. The zero-order valence-electron chi connectivity index (χ0n) is 20.5. The lowest BCUT2D eigenvalue weighted by Gasteiger charge is -2.46. The number of methoxy groups -OCH3 is 1. The number of nitrogens with one attached hydrogen (secondary N) is 2. The molecule has 3 aliphatic heterocycles. The maximum absolute atomic E-state index is 14.0. The lowest BCUT2D eigenvalue weighted by molar-refractivity contribution is -0.152. The summed E-state index contributed by atoms with van der Waals surface area (Å²) in [6.07, 6.45) is 5.97. The van der Waals surface area contributed by atoms with Crippen molar-refractivity contribution in [3.05, 3.63) is 35.3 Å². The van der Waals surface area contributed by atoms with Gasteiger partial charge in [0.2, 0.25) is 5.95 Å². The van der Waals surface area contributed by atoms with Crippen LogP contribution in [-0.2, 0) is 20.7 Å². The van der Waals surface area contributed by atoms with Crippen LogP contribution in [0.4, 0.5) is 20.5 Å². The first-order valence-corrected chi connectivity index (χ1v) is 12.0. The van der Waals surface area contributed by atoms with Gasteiger partial charge < -0.3 is 29.9 Å². The molecule has 4 heterocycles. The molecule has 2 N–H and O–H groups in total. The molecule has 3 saturated heterocycles. The smallest absolute Gasteiger partial charge is 0.283 e. The largest absolute Gasteiger partial charge is 0.375 e. The van der Waals surface area contributed by atoms with Crippen molar-refractivity contribution in [2.75, 3.05) is 50.6 Å². The Morgan fingerprint density at radius 1 is 1.34 bits per heavy atom. The highest BCUT2D eigenvalue weighted by molar-refractivity contribution is 5.85. The van der Waals surface area contributed by atoms with Crippen molar-refractivity contribution in [1.29, 1.82) is 0 Å². The first-order chi connectivity index (χ1) is 16.6. The summed E-state index contributed by atoms with van der Waals surface area (Å²) in [5, 5.41) is 6.37. The lowest BCUT2D eigenvalue weighted by atomic mass is 9.80. The van der Waals surface area contributed by atoms with Crippen LogP contribution in [0.3, 0.4) is 0 Å². The summed E-state index contributed by atoms with van der Waals surface area (Å²) in [6, 6.07) is -0.539. The number of aromatic nitrogens is 2. The Labute approximate surface area is 203 Å². The van der Waals surface area contributed by atoms with E-state index in [4.69, 9.17) is 14.5 Å². The van der Waals surface area contributed by atoms with Gasteiger partial charge in [0.15, 0.2) is 6.10 Å². The third kappa shape index (κ3) is 4.41. The number of carbonyl (C=O) groups excluding carboxylic acids is 1. The Morgan fingerprint density at radius 2 is 2.11 bits per heavy atom. The molecule has 0 aromatic carbocycles. The molecule has 0 bridgehead atoms. The first-order valence-electron chi connectivity index (χ1n) is 12.0. The standard InChI is InChI=1S/C24H32F2N6O3/c1-5-14-9-27-22(32-11-23(2,12-32)34-4)30-20(14)29-15-6-7-17-16(8-15)18-19(21(33)31(17)3)35-13-24(25,26)10-28-18/h6-7,9,16,18-19,28H,5,8,10-13H2,1-4H3,(H,27,29,30). The maximum Gasteiger partial charge on any atom is 0.283 e. The van der Waals surface area contributed by atoms with Gasteiger partial charge in [-0.2, -0.15) is 4.98 Å². The van der Waals surface area contributed by atoms with E-state index in [1.165, 1.54) is 4.90 Å². The molecule has 0 saturated carbocycles. The van der Waals surface area contributed by atoms with Crippen molar-refractivity contribution >= 4 is 17.7 Å². The Balaban J connectivity index is 1.38. The number of rotatable bonds is 5. The molecule has 1 amide bonds. The number of hydrogen-bond acceptors (Lipinski definition) is 8. The molecule has 190 valence electrons. The zero-order chi connectivity index (χ0) is 25.0. The van der Waals surface area contributed by atoms with Gasteiger partial charge in [0, 0.05) is 43.2 Å². The Hall–Kier alpha value is -2.63. The molecular weight excluding hydrogens is 458 g/mol. The van der Waals surface area contributed by atoms with E-state index < -0.39 is 31.2 Å². The summed E-state index contributed by atoms with van der Waals surface area (Å²) < 4.78 is 39.0. The van der Waals surface area contributed by atoms with Crippen molar-refractivity contribution in [1.82, 2.24) is 20.2 Å². The van der Waals surface area contributed by atoms with Gasteiger partial charge in [-0.3, -0.25) is 4.79 Å². The summed E-state index contributed by atoms with van der Waals surface area (Å²) in [5.74, 6) is -2.17. The van der Waals surface area contributed by atoms with E-state index in [-0.39, 0.29) is 17.4 Å². The average molecular weight is 491 g/mol. The molecule has 1 aliphatic carbocycles. The Morgan fingerprint density at radius 3 is 2.83 bits per heavy atom. The molecular formula is C24H32F2N6O3. The van der Waals surface area contributed by atoms with Crippen LogP contribution in [0.25, 0.3) is 0 Å². The predicted octanol–water partition coefficient (Wildman–Crippen LogP) is 1.93. The molecule has 0 spiro atoms. The molecule has 5 rings (SSSR count). The van der Waals surface area contributed by atoms with Crippen molar-refractivity contribution < 1.29 is 23.0 Å². The minimum atomic E-state index is -3.02. The topological polar surface area (TPSA) is 91.9 Å². The van der Waals surface area contributed by atoms with Crippen LogP contribution in [0, 0.1) is 5.92 Å². The third-order valence-electron chi connectivity index (χ3n) is 7.40. The summed E-state index contributed by atoms with van der Waals surface area (Å²) >= 11 is 0. The second-order valence-corrected chi connectivity index (χ2v) is 10.0. The highest BCUT2D eigenvalue weighted by Crippen LogP contribution is 2.38. The van der Waals surface area contributed by atoms with Gasteiger partial charge >= 0.3 is 0 Å². The number of amides is 1. The van der Waals surface area contributed by atoms with Gasteiger partial charge in [-0.25, -0.2) is 13.8 Å². The fourth-order valence-electron chi connectivity index (χ4n) is 5.22. The maximum atomic E-state index is 14.0. The van der Waals surface area contributed by atoms with Gasteiger partial charge in [-0.1, -0.05) is 6.92 Å². The molecule has 9 nitrogen and oxygen atoms in total. The average Bonchev–Trinajstić information content (AvgIpc) is 2.98. The van der Waals surface area contributed by atoms with Crippen LogP contribution in [0.15, 0.2) is 29.7 Å². The summed E-state index contributed by atoms with van der Waals surface area (Å²) in [4.78, 5) is 25.8. The minimum Gasteiger partial charge on any atom is -0.375 e. The van der Waals surface area contributed by atoms with Crippen molar-refractivity contribution in [2.45, 2.75) is 50.4 Å². The van der Waals surface area contributed by atoms with Gasteiger partial charge in [0.1, 0.15) is 18.0 Å². The van der Waals surface area contributed by atoms with Gasteiger partial charge in [-0.15, -0.1) is 0 Å². The number of allylic oxidation sites excluding steroid dienone is 3. The van der Waals surface area contributed by atoms with Crippen LogP contribution in [0.5, 0.6) is 0 Å². The van der Waals surface area contributed by atoms with E-state index in [1.807, 2.05) is 25.3 Å². The molecule has 3 atom stereocenters. The number of likely N-dealkylation sites (tertiary alicyclic amines) is 1. The summed E-state index contributed by atoms with van der Waals surface area (Å²) in [7, 11) is 3.38. The molecule has 1 aromatic rings. The first kappa shape index (κ1) is 24.1. The van der Waals surface area contributed by atoms with Crippen LogP contribution < -0.4 is 15.5 Å². The number of anilines is 2. The van der Waals surface area contributed by atoms with Gasteiger partial charge in [0.05, 0.1) is 25.7 Å². The number of hydrogen-bond donors (Lipinski definition) is 2. The van der Waals surface area contributed by atoms with Gasteiger partial charge in [-0.05, 0) is 31.9 Å². The second kappa shape index (κ2) is 8.79. The van der Waals surface area contributed by atoms with Crippen LogP contribution >= 0.6 is 0 Å². The molecule has 11 heteroatoms. The lowest BCUT2D eigenvalue weighted by Crippen LogP contribution is -2.61. The van der Waals surface area contributed by atoms with E-state index in [0.717, 1.165) is 29.2 Å². The monoisotopic (exact) mass is 490 g/mol. The zero-order valence-corrected chi connectivity index (χ0v) is 20.5. The number of ether oxygens (including phenoxy) is 2. The van der Waals surface area contributed by atoms with Crippen LogP contribution in [-0.4, -0.2) is 84.8 Å². The predicted molar refractivity (Wildman–Crippen MR) is 126 cm³/mol. The highest BCUT2D eigenvalue weighted by Gasteiger charge is 2.50. The normalized spacial score (nSPS) is 29.3. The number of halogens is 2. The molecule has 1 aromatic heterocycles. The van der Waals surface area contributed by atoms with Gasteiger partial charge in [0.25, 0.3) is 11.8 Å². The fourth-order valence-corrected chi connectivity index (χ4v) is 5.22. The Bertz CT molecular complexity index is 1070. The quantitative estimate of drug-likeness (QED) is 0.647. The molecule has 3 unspecified atom stereocenters. The second-order valence-electron chi connectivity index (χ2n) is 10.0. The molecule has 0 radical (unpaired) electrons. The van der Waals surface area contributed by atoms with E-state index in [9.17, 15) is 13.6 Å². The number of likely N-dealkylation sites (N-methyl/N-ethyl adjacent to an activating group) is 1. The van der Waals surface area contributed by atoms with Crippen molar-refractivity contribution in [3.63, 3.8) is 0 Å². The summed E-state index contributed by atoms with van der Waals surface area (Å²) in [5.41, 5.74) is 2.46. The fraction of sp³-hybridized carbons (Fsp3) is 0.625. The third-order valence-corrected chi connectivity index (χ3v) is 7.40. The number of nitrogens with zero attached hydrogens (tertiary/aromatic N) is 4. The van der Waals surface area contributed by atoms with E-state index >= 15 is 0 Å². The number of alkyl halides is 2. The number of carbonyl (C=O) groups is 1. The van der Waals surface area contributed by atoms with E-state index in [0.29, 0.717) is 25.5 Å². The Kier molecular flexibility index (Phi) is 6.05. The van der Waals surface area contributed by atoms with E-state index in [1.54, 1.807) is 14.2 Å². The molecule has 3 fully saturated rings. The minimum absolute atomic E-state index is 0.195. The molecule has 35 heavy (non-hydrogen) atoms. The van der Waals surface area contributed by atoms with Crippen LogP contribution in [0.2, 0.25) is 0 Å². The number of piperidine rings is 1. The summed E-state index contributed by atoms with van der Waals surface area (Å²) in [6.45, 7) is 4.24. The van der Waals surface area contributed by atoms with E-state index in [2.05, 4.69) is 27.4 Å². The molecule has 4 aliphatic rings. The van der Waals surface area contributed by atoms with Crippen molar-refractivity contribution in [2.24, 2.45) is 5.92 Å². The van der Waals surface area contributed by atoms with Crippen molar-refractivity contribution in [3.8, 4) is 0 Å². The number of fused-ring (bicyclic) bond motifs is 3. The van der Waals surface area contributed by atoms with Crippen LogP contribution in [0.1, 0.15) is 25.8 Å². The number of aryl methyl sites for hydroxylation is 1.